The van der Waals surface area contributed by atoms with Crippen molar-refractivity contribution >= 4 is 15.4 Å². The second-order valence-corrected chi connectivity index (χ2v) is 11.2. The lowest BCUT2D eigenvalue weighted by Gasteiger charge is -2.61. The summed E-state index contributed by atoms with van der Waals surface area (Å²) in [5.74, 6) is 3.64. The highest BCUT2D eigenvalue weighted by molar-refractivity contribution is 7.09. The van der Waals surface area contributed by atoms with Crippen LogP contribution in [0.5, 0.6) is 0 Å². The van der Waals surface area contributed by atoms with E-state index in [0.29, 0.717) is 28.8 Å². The van der Waals surface area contributed by atoms with Gasteiger partial charge in [-0.25, -0.2) is 4.79 Å². The van der Waals surface area contributed by atoms with Gasteiger partial charge in [-0.2, -0.15) is 0 Å². The molecule has 0 aliphatic heterocycles. The molecule has 0 amide bonds. The lowest BCUT2D eigenvalue weighted by Crippen LogP contribution is -2.54. The van der Waals surface area contributed by atoms with Crippen molar-refractivity contribution in [3.8, 4) is 0 Å². The predicted octanol–water partition coefficient (Wildman–Crippen LogP) is 6.10. The number of aliphatic carboxylic acids is 1. The van der Waals surface area contributed by atoms with Gasteiger partial charge >= 0.3 is 5.97 Å². The molecule has 4 rings (SSSR count). The van der Waals surface area contributed by atoms with Gasteiger partial charge in [0, 0.05) is 15.5 Å². The van der Waals surface area contributed by atoms with Crippen LogP contribution in [-0.4, -0.2) is 17.2 Å². The van der Waals surface area contributed by atoms with E-state index in [1.54, 1.807) is 0 Å². The summed E-state index contributed by atoms with van der Waals surface area (Å²) in [6.07, 6.45) is 15.7. The maximum Gasteiger partial charge on any atom is 0.327 e. The molecule has 10 atom stereocenters. The first-order valence-corrected chi connectivity index (χ1v) is 12.0. The normalized spacial score (nSPS) is 49.3. The van der Waals surface area contributed by atoms with Crippen molar-refractivity contribution in [2.24, 2.45) is 46.3 Å². The third-order valence-corrected chi connectivity index (χ3v) is 10.4. The molecule has 0 bridgehead atoms. The van der Waals surface area contributed by atoms with E-state index in [4.69, 9.17) is 9.63 Å². The molecule has 0 aromatic rings. The minimum Gasteiger partial charge on any atom is -0.478 e. The SMILES string of the molecule is C[C@H](/C=C/C(=O)O)C1CC[C@H]2[C@@H]3CC[C@@H]4C[C@H](OP)CC[C@]4(C)C3CC[C@]12C. The molecule has 4 saturated carbocycles. The minimum absolute atomic E-state index is 0.365. The number of fused-ring (bicyclic) bond motifs is 5. The summed E-state index contributed by atoms with van der Waals surface area (Å²) in [4.78, 5) is 11.0. The van der Waals surface area contributed by atoms with Crippen LogP contribution in [0.2, 0.25) is 0 Å². The van der Waals surface area contributed by atoms with Crippen LogP contribution < -0.4 is 0 Å². The third kappa shape index (κ3) is 3.29. The molecule has 4 aliphatic rings. The van der Waals surface area contributed by atoms with E-state index in [0.717, 1.165) is 23.7 Å². The van der Waals surface area contributed by atoms with Gasteiger partial charge in [-0.15, -0.1) is 0 Å². The fourth-order valence-corrected chi connectivity index (χ4v) is 8.86. The Labute approximate surface area is 173 Å². The Morgan fingerprint density at radius 1 is 1.07 bits per heavy atom. The van der Waals surface area contributed by atoms with E-state index in [-0.39, 0.29) is 0 Å². The van der Waals surface area contributed by atoms with Gasteiger partial charge in [-0.3, -0.25) is 0 Å². The van der Waals surface area contributed by atoms with Crippen LogP contribution in [0, 0.1) is 46.3 Å². The molecule has 3 unspecified atom stereocenters. The average Bonchev–Trinajstić information content (AvgIpc) is 3.02. The zero-order chi connectivity index (χ0) is 20.1. The van der Waals surface area contributed by atoms with Gasteiger partial charge in [-0.1, -0.05) is 26.8 Å². The van der Waals surface area contributed by atoms with E-state index >= 15 is 0 Å². The highest BCUT2D eigenvalue weighted by Gasteiger charge is 2.60. The molecule has 4 heteroatoms. The highest BCUT2D eigenvalue weighted by Crippen LogP contribution is 2.68. The van der Waals surface area contributed by atoms with Crippen molar-refractivity contribution < 1.29 is 14.4 Å². The van der Waals surface area contributed by atoms with Crippen LogP contribution in [-0.2, 0) is 9.32 Å². The average molecular weight is 407 g/mol. The molecule has 4 fully saturated rings. The molecule has 0 aromatic heterocycles. The summed E-state index contributed by atoms with van der Waals surface area (Å²) < 4.78 is 5.66. The minimum atomic E-state index is -0.813. The van der Waals surface area contributed by atoms with E-state index in [9.17, 15) is 4.79 Å². The Kier molecular flexibility index (Phi) is 5.73. The third-order valence-electron chi connectivity index (χ3n) is 10.1. The number of carboxylic acids is 1. The number of carboxylic acid groups (broad SMARTS) is 1. The zero-order valence-corrected chi connectivity index (χ0v) is 19.1. The maximum absolute atomic E-state index is 11.0. The van der Waals surface area contributed by atoms with Crippen LogP contribution in [0.3, 0.4) is 0 Å². The van der Waals surface area contributed by atoms with Crippen molar-refractivity contribution in [3.63, 3.8) is 0 Å². The molecule has 0 aromatic carbocycles. The molecule has 0 saturated heterocycles. The largest absolute Gasteiger partial charge is 0.478 e. The molecule has 158 valence electrons. The quantitative estimate of drug-likeness (QED) is 0.453. The Bertz CT molecular complexity index is 633. The van der Waals surface area contributed by atoms with Crippen molar-refractivity contribution in [3.05, 3.63) is 12.2 Å². The summed E-state index contributed by atoms with van der Waals surface area (Å²) >= 11 is 0. The molecular weight excluding hydrogens is 367 g/mol. The number of rotatable bonds is 4. The molecule has 0 heterocycles. The molecule has 3 nitrogen and oxygen atoms in total. The number of allylic oxidation sites excluding steroid dienone is 1. The van der Waals surface area contributed by atoms with E-state index in [1.807, 2.05) is 6.08 Å². The van der Waals surface area contributed by atoms with Crippen molar-refractivity contribution in [1.29, 1.82) is 0 Å². The Hall–Kier alpha value is -0.400. The van der Waals surface area contributed by atoms with E-state index in [2.05, 4.69) is 30.2 Å². The van der Waals surface area contributed by atoms with Crippen LogP contribution in [0.1, 0.15) is 78.6 Å². The van der Waals surface area contributed by atoms with Gasteiger partial charge < -0.3 is 9.63 Å². The summed E-state index contributed by atoms with van der Waals surface area (Å²) in [6, 6.07) is 0. The molecule has 28 heavy (non-hydrogen) atoms. The smallest absolute Gasteiger partial charge is 0.327 e. The number of hydrogen-bond acceptors (Lipinski definition) is 2. The van der Waals surface area contributed by atoms with Gasteiger partial charge in [0.2, 0.25) is 0 Å². The van der Waals surface area contributed by atoms with Crippen molar-refractivity contribution in [1.82, 2.24) is 0 Å². The van der Waals surface area contributed by atoms with Gasteiger partial charge in [0.05, 0.1) is 6.10 Å². The van der Waals surface area contributed by atoms with Crippen LogP contribution in [0.15, 0.2) is 12.2 Å². The maximum atomic E-state index is 11.0. The molecule has 0 spiro atoms. The number of hydrogen-bond donors (Lipinski definition) is 1. The predicted molar refractivity (Wildman–Crippen MR) is 116 cm³/mol. The monoisotopic (exact) mass is 406 g/mol. The summed E-state index contributed by atoms with van der Waals surface area (Å²) in [5.41, 5.74) is 0.907. The standard InChI is InChI=1S/C24H39O3P/c1-15(4-9-22(25)26)19-7-8-20-18-6-5-16-14-17(27-28)10-12-23(16,2)21(18)11-13-24(19,20)3/h4,9,15-21H,5-8,10-14,28H2,1-3H3,(H,25,26)/b9-4+/t15-,16-,17-,18+,19?,20+,21?,23+,24-/m1/s1. The summed E-state index contributed by atoms with van der Waals surface area (Å²) in [7, 11) is 2.50. The van der Waals surface area contributed by atoms with Gasteiger partial charge in [0.1, 0.15) is 0 Å². The highest BCUT2D eigenvalue weighted by atomic mass is 31.0. The molecule has 0 radical (unpaired) electrons. The summed E-state index contributed by atoms with van der Waals surface area (Å²) in [5, 5.41) is 9.03. The van der Waals surface area contributed by atoms with E-state index in [1.165, 1.54) is 63.9 Å². The van der Waals surface area contributed by atoms with E-state index < -0.39 is 5.97 Å². The van der Waals surface area contributed by atoms with Crippen LogP contribution in [0.25, 0.3) is 0 Å². The Morgan fingerprint density at radius 2 is 1.79 bits per heavy atom. The second kappa shape index (κ2) is 7.69. The number of carbonyl (C=O) groups is 1. The lowest BCUT2D eigenvalue weighted by atomic mass is 9.44. The van der Waals surface area contributed by atoms with Crippen LogP contribution >= 0.6 is 9.47 Å². The molecule has 1 N–H and O–H groups in total. The fraction of sp³-hybridized carbons (Fsp3) is 0.875. The topological polar surface area (TPSA) is 46.5 Å². The van der Waals surface area contributed by atoms with Crippen LogP contribution in [0.4, 0.5) is 0 Å². The van der Waals surface area contributed by atoms with Gasteiger partial charge in [0.25, 0.3) is 0 Å². The fourth-order valence-electron chi connectivity index (χ4n) is 8.61. The second-order valence-electron chi connectivity index (χ2n) is 11.0. The van der Waals surface area contributed by atoms with Crippen molar-refractivity contribution in [2.45, 2.75) is 84.7 Å². The van der Waals surface area contributed by atoms with Crippen molar-refractivity contribution in [2.75, 3.05) is 0 Å². The van der Waals surface area contributed by atoms with Gasteiger partial charge in [-0.05, 0) is 104 Å². The first-order chi connectivity index (χ1) is 13.3. The zero-order valence-electron chi connectivity index (χ0n) is 17.9. The first kappa shape index (κ1) is 20.9. The molecule has 4 aliphatic carbocycles. The Balaban J connectivity index is 1.53. The molecular formula is C24H39O3P. The first-order valence-electron chi connectivity index (χ1n) is 11.6. The Morgan fingerprint density at radius 3 is 2.50 bits per heavy atom. The lowest BCUT2D eigenvalue weighted by molar-refractivity contribution is -0.131. The van der Waals surface area contributed by atoms with Gasteiger partial charge in [0.15, 0.2) is 0 Å². The summed E-state index contributed by atoms with van der Waals surface area (Å²) in [6.45, 7) is 7.40.